The van der Waals surface area contributed by atoms with E-state index in [1.54, 1.807) is 0 Å². The summed E-state index contributed by atoms with van der Waals surface area (Å²) in [5, 5.41) is 3.65. The van der Waals surface area contributed by atoms with Crippen molar-refractivity contribution in [3.63, 3.8) is 0 Å². The van der Waals surface area contributed by atoms with E-state index in [1.807, 2.05) is 0 Å². The normalized spacial score (nSPS) is 31.2. The molecule has 0 bridgehead atoms. The Kier molecular flexibility index (Phi) is 5.31. The number of hydrogen-bond acceptors (Lipinski definition) is 2. The van der Waals surface area contributed by atoms with Crippen LogP contribution in [0.4, 0.5) is 0 Å². The summed E-state index contributed by atoms with van der Waals surface area (Å²) < 4.78 is 0. The Morgan fingerprint density at radius 2 is 2.25 bits per heavy atom. The summed E-state index contributed by atoms with van der Waals surface area (Å²) in [6.45, 7) is 10.4. The van der Waals surface area contributed by atoms with Gasteiger partial charge in [0.05, 0.1) is 0 Å². The number of rotatable bonds is 5. The Morgan fingerprint density at radius 1 is 1.50 bits per heavy atom. The van der Waals surface area contributed by atoms with Crippen LogP contribution in [0.2, 0.25) is 0 Å². The van der Waals surface area contributed by atoms with E-state index in [0.29, 0.717) is 11.6 Å². The fourth-order valence-electron chi connectivity index (χ4n) is 2.26. The Labute approximate surface area is 101 Å². The number of unbranched alkanes of at least 4 members (excludes halogenated alkanes) is 2. The third-order valence-corrected chi connectivity index (χ3v) is 3.80. The second kappa shape index (κ2) is 6.27. The third-order valence-electron chi connectivity index (χ3n) is 3.80. The van der Waals surface area contributed by atoms with Gasteiger partial charge in [-0.3, -0.25) is 4.90 Å². The van der Waals surface area contributed by atoms with E-state index in [1.165, 1.54) is 25.9 Å². The lowest BCUT2D eigenvalue weighted by Gasteiger charge is -2.45. The van der Waals surface area contributed by atoms with Gasteiger partial charge in [-0.25, -0.2) is 0 Å². The molecule has 1 fully saturated rings. The lowest BCUT2D eigenvalue weighted by molar-refractivity contribution is 0.0917. The molecule has 0 aromatic carbocycles. The van der Waals surface area contributed by atoms with Gasteiger partial charge in [-0.2, -0.15) is 0 Å². The van der Waals surface area contributed by atoms with Gasteiger partial charge < -0.3 is 5.32 Å². The Morgan fingerprint density at radius 3 is 2.88 bits per heavy atom. The van der Waals surface area contributed by atoms with Gasteiger partial charge in [0.15, 0.2) is 0 Å². The van der Waals surface area contributed by atoms with Gasteiger partial charge in [0.1, 0.15) is 0 Å². The molecule has 0 aromatic rings. The lowest BCUT2D eigenvalue weighted by Crippen LogP contribution is -2.61. The maximum atomic E-state index is 5.27. The summed E-state index contributed by atoms with van der Waals surface area (Å²) in [7, 11) is 0. The zero-order valence-electron chi connectivity index (χ0n) is 11.1. The van der Waals surface area contributed by atoms with Gasteiger partial charge in [0, 0.05) is 31.1 Å². The van der Waals surface area contributed by atoms with Crippen molar-refractivity contribution in [3.05, 3.63) is 0 Å². The minimum atomic E-state index is 0.304. The van der Waals surface area contributed by atoms with Crippen molar-refractivity contribution in [1.82, 2.24) is 10.2 Å². The summed E-state index contributed by atoms with van der Waals surface area (Å²) in [4.78, 5) is 2.61. The lowest BCUT2D eigenvalue weighted by atomic mass is 9.93. The Hall–Kier alpha value is -0.520. The smallest absolute Gasteiger partial charge is 0.0278 e. The maximum Gasteiger partial charge on any atom is 0.0278 e. The molecule has 1 aliphatic heterocycles. The number of piperazine rings is 1. The van der Waals surface area contributed by atoms with Gasteiger partial charge in [0.2, 0.25) is 0 Å². The summed E-state index contributed by atoms with van der Waals surface area (Å²) >= 11 is 0. The first-order valence-electron chi connectivity index (χ1n) is 6.54. The SMILES string of the molecule is C#CCCCCN1CC(C)(CC)NCC1C. The zero-order chi connectivity index (χ0) is 12.0. The van der Waals surface area contributed by atoms with E-state index >= 15 is 0 Å². The van der Waals surface area contributed by atoms with Crippen LogP contribution < -0.4 is 5.32 Å². The molecule has 2 heteroatoms. The number of terminal acetylenes is 1. The zero-order valence-corrected chi connectivity index (χ0v) is 11.1. The van der Waals surface area contributed by atoms with E-state index in [0.717, 1.165) is 19.4 Å². The van der Waals surface area contributed by atoms with E-state index < -0.39 is 0 Å². The largest absolute Gasteiger partial charge is 0.309 e. The van der Waals surface area contributed by atoms with Crippen molar-refractivity contribution in [1.29, 1.82) is 0 Å². The molecule has 1 heterocycles. The first-order chi connectivity index (χ1) is 7.61. The second-order valence-electron chi connectivity index (χ2n) is 5.28. The topological polar surface area (TPSA) is 15.3 Å². The molecule has 0 amide bonds. The quantitative estimate of drug-likeness (QED) is 0.567. The number of nitrogens with one attached hydrogen (secondary N) is 1. The Bertz CT molecular complexity index is 244. The first-order valence-corrected chi connectivity index (χ1v) is 6.54. The average molecular weight is 222 g/mol. The molecule has 1 saturated heterocycles. The second-order valence-corrected chi connectivity index (χ2v) is 5.28. The predicted molar refractivity (Wildman–Crippen MR) is 70.4 cm³/mol. The van der Waals surface area contributed by atoms with E-state index in [9.17, 15) is 0 Å². The molecule has 0 aromatic heterocycles. The highest BCUT2D eigenvalue weighted by atomic mass is 15.2. The van der Waals surface area contributed by atoms with Crippen LogP contribution >= 0.6 is 0 Å². The molecule has 0 saturated carbocycles. The molecule has 0 radical (unpaired) electrons. The number of hydrogen-bond donors (Lipinski definition) is 1. The molecule has 1 aliphatic rings. The first kappa shape index (κ1) is 13.5. The molecule has 0 aliphatic carbocycles. The number of nitrogens with zero attached hydrogens (tertiary/aromatic N) is 1. The molecule has 16 heavy (non-hydrogen) atoms. The van der Waals surface area contributed by atoms with Gasteiger partial charge in [0.25, 0.3) is 0 Å². The van der Waals surface area contributed by atoms with Crippen LogP contribution in [0.5, 0.6) is 0 Å². The predicted octanol–water partition coefficient (Wildman–Crippen LogP) is 2.25. The van der Waals surface area contributed by atoms with Crippen LogP contribution in [0, 0.1) is 12.3 Å². The monoisotopic (exact) mass is 222 g/mol. The summed E-state index contributed by atoms with van der Waals surface area (Å²) in [5.41, 5.74) is 0.304. The van der Waals surface area contributed by atoms with Crippen molar-refractivity contribution in [2.75, 3.05) is 19.6 Å². The van der Waals surface area contributed by atoms with E-state index in [-0.39, 0.29) is 0 Å². The molecule has 92 valence electrons. The van der Waals surface area contributed by atoms with E-state index in [2.05, 4.69) is 36.9 Å². The highest BCUT2D eigenvalue weighted by Gasteiger charge is 2.31. The maximum absolute atomic E-state index is 5.27. The fourth-order valence-corrected chi connectivity index (χ4v) is 2.26. The summed E-state index contributed by atoms with van der Waals surface area (Å²) in [5.74, 6) is 2.71. The van der Waals surface area contributed by atoms with Crippen molar-refractivity contribution >= 4 is 0 Å². The fraction of sp³-hybridized carbons (Fsp3) is 0.857. The van der Waals surface area contributed by atoms with Crippen molar-refractivity contribution < 1.29 is 0 Å². The molecule has 2 unspecified atom stereocenters. The van der Waals surface area contributed by atoms with Crippen LogP contribution in [0.15, 0.2) is 0 Å². The molecule has 1 rings (SSSR count). The van der Waals surface area contributed by atoms with Crippen molar-refractivity contribution in [2.45, 2.75) is 58.0 Å². The molecule has 1 N–H and O–H groups in total. The molecule has 2 atom stereocenters. The summed E-state index contributed by atoms with van der Waals surface area (Å²) in [6.07, 6.45) is 9.78. The minimum Gasteiger partial charge on any atom is -0.309 e. The van der Waals surface area contributed by atoms with Gasteiger partial charge in [-0.05, 0) is 39.7 Å². The van der Waals surface area contributed by atoms with Gasteiger partial charge in [-0.1, -0.05) is 6.92 Å². The van der Waals surface area contributed by atoms with Gasteiger partial charge >= 0.3 is 0 Å². The molecular formula is C14H26N2. The van der Waals surface area contributed by atoms with Crippen LogP contribution in [-0.2, 0) is 0 Å². The van der Waals surface area contributed by atoms with Crippen LogP contribution in [-0.4, -0.2) is 36.1 Å². The highest BCUT2D eigenvalue weighted by Crippen LogP contribution is 2.19. The van der Waals surface area contributed by atoms with Gasteiger partial charge in [-0.15, -0.1) is 12.3 Å². The average Bonchev–Trinajstić information content (AvgIpc) is 2.29. The standard InChI is InChI=1S/C14H26N2/c1-5-7-8-9-10-16-12-14(4,6-2)15-11-13(16)3/h1,13,15H,6-12H2,2-4H3. The molecular weight excluding hydrogens is 196 g/mol. The van der Waals surface area contributed by atoms with Crippen molar-refractivity contribution in [2.24, 2.45) is 0 Å². The highest BCUT2D eigenvalue weighted by molar-refractivity contribution is 4.93. The Balaban J connectivity index is 2.35. The van der Waals surface area contributed by atoms with E-state index in [4.69, 9.17) is 6.42 Å². The summed E-state index contributed by atoms with van der Waals surface area (Å²) in [6, 6.07) is 0.658. The van der Waals surface area contributed by atoms with Crippen LogP contribution in [0.1, 0.15) is 46.5 Å². The van der Waals surface area contributed by atoms with Crippen molar-refractivity contribution in [3.8, 4) is 12.3 Å². The molecule has 2 nitrogen and oxygen atoms in total. The van der Waals surface area contributed by atoms with Crippen LogP contribution in [0.3, 0.4) is 0 Å². The molecule has 0 spiro atoms. The van der Waals surface area contributed by atoms with Crippen LogP contribution in [0.25, 0.3) is 0 Å². The third kappa shape index (κ3) is 3.81. The minimum absolute atomic E-state index is 0.304.